The highest BCUT2D eigenvalue weighted by Crippen LogP contribution is 2.18. The van der Waals surface area contributed by atoms with Crippen LogP contribution in [0.1, 0.15) is 0 Å². The fourth-order valence-electron chi connectivity index (χ4n) is 0.483. The van der Waals surface area contributed by atoms with Crippen molar-refractivity contribution in [1.29, 1.82) is 0 Å². The van der Waals surface area contributed by atoms with Gasteiger partial charge in [0.2, 0.25) is 0 Å². The van der Waals surface area contributed by atoms with Crippen molar-refractivity contribution in [2.75, 3.05) is 0 Å². The van der Waals surface area contributed by atoms with Gasteiger partial charge in [-0.3, -0.25) is 4.74 Å². The lowest BCUT2D eigenvalue weighted by Gasteiger charge is -2.10. The molecule has 1 aliphatic heterocycles. The number of hydrogen-bond donors (Lipinski definition) is 1. The first-order valence-electron chi connectivity index (χ1n) is 2.49. The Hall–Kier alpha value is -1.11. The average Bonchev–Trinajstić information content (AvgIpc) is 2.10. The van der Waals surface area contributed by atoms with Gasteiger partial charge >= 0.3 is 12.4 Å². The minimum absolute atomic E-state index is 0.890. The van der Waals surface area contributed by atoms with Gasteiger partial charge in [-0.25, -0.2) is 4.79 Å². The number of halogens is 3. The van der Waals surface area contributed by atoms with Crippen LogP contribution in [-0.4, -0.2) is 24.8 Å². The van der Waals surface area contributed by atoms with Crippen molar-refractivity contribution in [3.05, 3.63) is 0 Å². The van der Waals surface area contributed by atoms with E-state index in [1.54, 1.807) is 11.5 Å². The van der Waals surface area contributed by atoms with Crippen molar-refractivity contribution in [3.63, 3.8) is 0 Å². The van der Waals surface area contributed by atoms with Crippen LogP contribution in [0.4, 0.5) is 18.0 Å². The zero-order chi connectivity index (χ0) is 8.48. The summed E-state index contributed by atoms with van der Waals surface area (Å²) in [6.07, 6.45) is -4.61. The Morgan fingerprint density at radius 3 is 2.64 bits per heavy atom. The molecule has 2 amide bonds. The first-order chi connectivity index (χ1) is 4.97. The smallest absolute Gasteiger partial charge is 0.305 e. The van der Waals surface area contributed by atoms with Gasteiger partial charge in [-0.1, -0.05) is 0 Å². The van der Waals surface area contributed by atoms with E-state index in [0.717, 1.165) is 0 Å². The summed E-state index contributed by atoms with van der Waals surface area (Å²) >= 11 is 0. The van der Waals surface area contributed by atoms with Gasteiger partial charge in [0.15, 0.2) is 6.23 Å². The van der Waals surface area contributed by atoms with Crippen molar-refractivity contribution in [1.82, 2.24) is 5.32 Å². The summed E-state index contributed by atoms with van der Waals surface area (Å²) in [5.74, 6) is 0. The third kappa shape index (κ3) is 2.54. The van der Waals surface area contributed by atoms with Gasteiger partial charge < -0.3 is 5.32 Å². The molecule has 1 atom stereocenters. The van der Waals surface area contributed by atoms with Crippen molar-refractivity contribution in [2.45, 2.75) is 12.6 Å². The summed E-state index contributed by atoms with van der Waals surface area (Å²) in [4.78, 5) is 13.0. The molecule has 0 saturated carbocycles. The number of carbonyl (C=O) groups excluding carboxylic acids is 1. The number of nitrogens with one attached hydrogen (secondary N) is 1. The molecule has 0 saturated heterocycles. The second kappa shape index (κ2) is 2.50. The fraction of sp³-hybridized carbons (Fsp3) is 0.500. The lowest BCUT2D eigenvalue weighted by molar-refractivity contribution is -0.334. The number of rotatable bonds is 1. The molecule has 1 N–H and O–H groups in total. The van der Waals surface area contributed by atoms with E-state index in [1.807, 2.05) is 0 Å². The van der Waals surface area contributed by atoms with Gasteiger partial charge in [0.25, 0.3) is 0 Å². The Balaban J connectivity index is 2.42. The van der Waals surface area contributed by atoms with E-state index in [4.69, 9.17) is 0 Å². The highest BCUT2D eigenvalue weighted by Gasteiger charge is 2.35. The molecule has 4 nitrogen and oxygen atoms in total. The molecule has 0 bridgehead atoms. The van der Waals surface area contributed by atoms with Gasteiger partial charge in [-0.2, -0.15) is 4.99 Å². The van der Waals surface area contributed by atoms with Crippen LogP contribution in [-0.2, 0) is 4.74 Å². The van der Waals surface area contributed by atoms with Crippen LogP contribution in [0.3, 0.4) is 0 Å². The van der Waals surface area contributed by atoms with E-state index in [0.29, 0.717) is 0 Å². The predicted molar refractivity (Wildman–Crippen MR) is 26.9 cm³/mol. The summed E-state index contributed by atoms with van der Waals surface area (Å²) in [6.45, 7) is 0. The van der Waals surface area contributed by atoms with Crippen molar-refractivity contribution < 1.29 is 22.7 Å². The summed E-state index contributed by atoms with van der Waals surface area (Å²) < 4.78 is 37.5. The number of ether oxygens (including phenoxy) is 1. The summed E-state index contributed by atoms with van der Waals surface area (Å²) in [5, 5.41) is 1.75. The topological polar surface area (TPSA) is 50.7 Å². The van der Waals surface area contributed by atoms with Gasteiger partial charge in [0, 0.05) is 0 Å². The molecule has 1 unspecified atom stereocenters. The normalized spacial score (nSPS) is 23.9. The number of hydrogen-bond acceptors (Lipinski definition) is 2. The maximum atomic E-state index is 11.4. The number of aliphatic imine (C=N–C) groups is 1. The van der Waals surface area contributed by atoms with Gasteiger partial charge in [0.05, 0.1) is 0 Å². The van der Waals surface area contributed by atoms with Gasteiger partial charge in [-0.15, -0.1) is 13.2 Å². The Morgan fingerprint density at radius 2 is 2.27 bits per heavy atom. The predicted octanol–water partition coefficient (Wildman–Crippen LogP) is 0.520. The molecule has 0 fully saturated rings. The summed E-state index contributed by atoms with van der Waals surface area (Å²) in [6, 6.07) is -0.890. The Kier molecular flexibility index (Phi) is 1.81. The van der Waals surface area contributed by atoms with Crippen LogP contribution in [0, 0.1) is 0 Å². The van der Waals surface area contributed by atoms with E-state index in [2.05, 4.69) is 9.73 Å². The third-order valence-corrected chi connectivity index (χ3v) is 0.789. The molecule has 0 aromatic carbocycles. The highest BCUT2D eigenvalue weighted by molar-refractivity contribution is 5.92. The van der Waals surface area contributed by atoms with E-state index >= 15 is 0 Å². The molecule has 7 heteroatoms. The lowest BCUT2D eigenvalue weighted by Crippen LogP contribution is -2.35. The standard InChI is InChI=1S/C4H2F3N2O2/c5-4(6,7)11-2-1-8-3(10)9-2/h2H,(H,9,10). The second-order valence-electron chi connectivity index (χ2n) is 1.63. The summed E-state index contributed by atoms with van der Waals surface area (Å²) in [7, 11) is 0. The molecule has 11 heavy (non-hydrogen) atoms. The fourth-order valence-corrected chi connectivity index (χ4v) is 0.483. The van der Waals surface area contributed by atoms with Crippen LogP contribution in [0.5, 0.6) is 0 Å². The highest BCUT2D eigenvalue weighted by atomic mass is 19.4. The van der Waals surface area contributed by atoms with Crippen molar-refractivity contribution in [2.24, 2.45) is 4.99 Å². The minimum atomic E-state index is -4.79. The maximum absolute atomic E-state index is 11.4. The van der Waals surface area contributed by atoms with Crippen LogP contribution in [0.2, 0.25) is 0 Å². The molecule has 1 rings (SSSR count). The molecular formula is C4H2F3N2O2. The van der Waals surface area contributed by atoms with Crippen LogP contribution < -0.4 is 5.32 Å². The van der Waals surface area contributed by atoms with Crippen molar-refractivity contribution in [3.8, 4) is 0 Å². The maximum Gasteiger partial charge on any atom is 0.524 e. The molecule has 1 heterocycles. The molecular weight excluding hydrogens is 165 g/mol. The summed E-state index contributed by atoms with van der Waals surface area (Å²) in [5.41, 5.74) is 0. The monoisotopic (exact) mass is 167 g/mol. The molecule has 0 aromatic heterocycles. The van der Waals surface area contributed by atoms with E-state index < -0.39 is 18.6 Å². The van der Waals surface area contributed by atoms with Crippen LogP contribution in [0.25, 0.3) is 0 Å². The third-order valence-electron chi connectivity index (χ3n) is 0.789. The quantitative estimate of drug-likeness (QED) is 0.618. The zero-order valence-electron chi connectivity index (χ0n) is 4.97. The van der Waals surface area contributed by atoms with Gasteiger partial charge in [-0.05, 0) is 0 Å². The van der Waals surface area contributed by atoms with Gasteiger partial charge in [0.1, 0.15) is 6.21 Å². The Bertz CT molecular complexity index is 200. The number of carbonyl (C=O) groups is 1. The first-order valence-corrected chi connectivity index (χ1v) is 2.49. The lowest BCUT2D eigenvalue weighted by atomic mass is 10.6. The van der Waals surface area contributed by atoms with E-state index in [1.165, 1.54) is 0 Å². The SMILES string of the molecule is O=C1N=[C]C(OC(F)(F)F)N1. The van der Waals surface area contributed by atoms with E-state index in [-0.39, 0.29) is 0 Å². The largest absolute Gasteiger partial charge is 0.524 e. The Morgan fingerprint density at radius 1 is 1.64 bits per heavy atom. The molecule has 1 radical (unpaired) electrons. The van der Waals surface area contributed by atoms with Crippen molar-refractivity contribution >= 4 is 12.2 Å². The number of amides is 2. The number of alkyl halides is 3. The molecule has 0 aliphatic carbocycles. The average molecular weight is 167 g/mol. The zero-order valence-corrected chi connectivity index (χ0v) is 4.97. The Labute approximate surface area is 59.0 Å². The van der Waals surface area contributed by atoms with E-state index in [9.17, 15) is 18.0 Å². The molecule has 61 valence electrons. The molecule has 1 aliphatic rings. The van der Waals surface area contributed by atoms with Crippen LogP contribution >= 0.6 is 0 Å². The molecule has 0 spiro atoms. The molecule has 0 aromatic rings. The second-order valence-corrected chi connectivity index (χ2v) is 1.63. The first kappa shape index (κ1) is 7.99. The van der Waals surface area contributed by atoms with Crippen LogP contribution in [0.15, 0.2) is 4.99 Å². The number of urea groups is 1. The number of nitrogens with zero attached hydrogens (tertiary/aromatic N) is 1. The minimum Gasteiger partial charge on any atom is -0.305 e.